The van der Waals surface area contributed by atoms with E-state index in [0.717, 1.165) is 65.7 Å². The number of hydrogen-bond acceptors (Lipinski definition) is 5. The van der Waals surface area contributed by atoms with Gasteiger partial charge in [0, 0.05) is 49.3 Å². The molecule has 5 rings (SSSR count). The van der Waals surface area contributed by atoms with Crippen molar-refractivity contribution < 1.29 is 14.2 Å². The van der Waals surface area contributed by atoms with Gasteiger partial charge in [0.1, 0.15) is 12.4 Å². The highest BCUT2D eigenvalue weighted by atomic mass is 28.3. The van der Waals surface area contributed by atoms with E-state index in [2.05, 4.69) is 34.8 Å². The standard InChI is InChI=1S/C29H39N3O4Si/c1-34-25-16-22-23(17-26(25)35-2)29(33)32(20-10-8-6-7-9-11-20)27-21-12-13-31(28(21)30-18-24(22)27)19-36-14-15-37(3,4)5/h12-13,16-18,20H,6-11,14-15,19H2,1-5H3. The second kappa shape index (κ2) is 10.5. The maximum Gasteiger partial charge on any atom is 0.259 e. The topological polar surface area (TPSA) is 67.5 Å². The van der Waals surface area contributed by atoms with Crippen LogP contribution in [0.3, 0.4) is 0 Å². The Morgan fingerprint density at radius 2 is 1.62 bits per heavy atom. The fourth-order valence-electron chi connectivity index (χ4n) is 5.60. The third-order valence-corrected chi connectivity index (χ3v) is 9.39. The highest BCUT2D eigenvalue weighted by Crippen LogP contribution is 2.38. The lowest BCUT2D eigenvalue weighted by Gasteiger charge is -2.23. The first-order valence-corrected chi connectivity index (χ1v) is 17.2. The van der Waals surface area contributed by atoms with Crippen LogP contribution < -0.4 is 15.0 Å². The fourth-order valence-corrected chi connectivity index (χ4v) is 6.36. The summed E-state index contributed by atoms with van der Waals surface area (Å²) in [4.78, 5) is 19.1. The van der Waals surface area contributed by atoms with Crippen molar-refractivity contribution in [3.8, 4) is 11.5 Å². The molecule has 1 aromatic carbocycles. The SMILES string of the molecule is COc1cc2c(=O)n(C3CCCCCC3)c3c(cnc4c3ccn4COCC[Si](C)(C)C)c2cc1OC. The number of rotatable bonds is 8. The molecular formula is C29H39N3O4Si. The van der Waals surface area contributed by atoms with Crippen LogP contribution in [0.15, 0.2) is 35.4 Å². The molecule has 0 spiro atoms. The van der Waals surface area contributed by atoms with Gasteiger partial charge < -0.3 is 23.3 Å². The van der Waals surface area contributed by atoms with Gasteiger partial charge in [0.2, 0.25) is 0 Å². The summed E-state index contributed by atoms with van der Waals surface area (Å²) in [6, 6.07) is 7.12. The summed E-state index contributed by atoms with van der Waals surface area (Å²) in [6.07, 6.45) is 10.7. The molecule has 0 bridgehead atoms. The second-order valence-electron chi connectivity index (χ2n) is 11.5. The van der Waals surface area contributed by atoms with E-state index < -0.39 is 8.07 Å². The summed E-state index contributed by atoms with van der Waals surface area (Å²) in [7, 11) is 2.07. The second-order valence-corrected chi connectivity index (χ2v) is 17.1. The molecule has 3 heterocycles. The average molecular weight is 522 g/mol. The smallest absolute Gasteiger partial charge is 0.259 e. The molecule has 37 heavy (non-hydrogen) atoms. The van der Waals surface area contributed by atoms with Gasteiger partial charge >= 0.3 is 0 Å². The Hall–Kier alpha value is -2.84. The fraction of sp³-hybridized carbons (Fsp3) is 0.517. The van der Waals surface area contributed by atoms with E-state index >= 15 is 0 Å². The van der Waals surface area contributed by atoms with E-state index in [1.54, 1.807) is 14.2 Å². The van der Waals surface area contributed by atoms with E-state index in [1.165, 1.54) is 12.8 Å². The van der Waals surface area contributed by atoms with Crippen molar-refractivity contribution in [2.45, 2.75) is 77.0 Å². The highest BCUT2D eigenvalue weighted by Gasteiger charge is 2.24. The number of hydrogen-bond donors (Lipinski definition) is 0. The van der Waals surface area contributed by atoms with Gasteiger partial charge in [-0.1, -0.05) is 45.3 Å². The Morgan fingerprint density at radius 1 is 0.946 bits per heavy atom. The number of aromatic nitrogens is 3. The third kappa shape index (κ3) is 5.01. The zero-order valence-corrected chi connectivity index (χ0v) is 23.8. The van der Waals surface area contributed by atoms with Crippen LogP contribution in [-0.4, -0.2) is 43.0 Å². The normalized spacial score (nSPS) is 15.5. The van der Waals surface area contributed by atoms with Crippen molar-refractivity contribution >= 4 is 40.8 Å². The minimum absolute atomic E-state index is 0.0296. The molecule has 0 aliphatic heterocycles. The average Bonchev–Trinajstić information content (AvgIpc) is 3.10. The number of methoxy groups -OCH3 is 2. The number of benzene rings is 1. The third-order valence-electron chi connectivity index (χ3n) is 7.68. The predicted octanol–water partition coefficient (Wildman–Crippen LogP) is 6.73. The van der Waals surface area contributed by atoms with Crippen LogP contribution >= 0.6 is 0 Å². The van der Waals surface area contributed by atoms with E-state index in [9.17, 15) is 4.79 Å². The predicted molar refractivity (Wildman–Crippen MR) is 153 cm³/mol. The largest absolute Gasteiger partial charge is 0.493 e. The van der Waals surface area contributed by atoms with E-state index in [-0.39, 0.29) is 11.6 Å². The summed E-state index contributed by atoms with van der Waals surface area (Å²) in [5.41, 5.74) is 1.84. The van der Waals surface area contributed by atoms with Gasteiger partial charge in [-0.3, -0.25) is 4.79 Å². The molecule has 0 radical (unpaired) electrons. The Bertz CT molecular complexity index is 1480. The van der Waals surface area contributed by atoms with Crippen molar-refractivity contribution in [2.24, 2.45) is 0 Å². The summed E-state index contributed by atoms with van der Waals surface area (Å²) >= 11 is 0. The molecule has 198 valence electrons. The maximum absolute atomic E-state index is 14.2. The van der Waals surface area contributed by atoms with E-state index in [1.807, 2.05) is 24.5 Å². The van der Waals surface area contributed by atoms with Gasteiger partial charge in [0.15, 0.2) is 11.5 Å². The molecular weight excluding hydrogens is 482 g/mol. The lowest BCUT2D eigenvalue weighted by Crippen LogP contribution is -2.26. The lowest BCUT2D eigenvalue weighted by molar-refractivity contribution is 0.0899. The van der Waals surface area contributed by atoms with Crippen LogP contribution in [0, 0.1) is 0 Å². The molecule has 3 aromatic heterocycles. The molecule has 1 fully saturated rings. The summed E-state index contributed by atoms with van der Waals surface area (Å²) in [5.74, 6) is 1.17. The molecule has 1 saturated carbocycles. The van der Waals surface area contributed by atoms with Crippen LogP contribution in [0.4, 0.5) is 0 Å². The van der Waals surface area contributed by atoms with Gasteiger partial charge in [0.25, 0.3) is 5.56 Å². The molecule has 0 N–H and O–H groups in total. The molecule has 4 aromatic rings. The molecule has 0 atom stereocenters. The van der Waals surface area contributed by atoms with Crippen molar-refractivity contribution in [1.29, 1.82) is 0 Å². The van der Waals surface area contributed by atoms with Crippen molar-refractivity contribution in [3.05, 3.63) is 40.9 Å². The lowest BCUT2D eigenvalue weighted by atomic mass is 10.0. The zero-order valence-electron chi connectivity index (χ0n) is 22.8. The van der Waals surface area contributed by atoms with Gasteiger partial charge in [-0.25, -0.2) is 4.98 Å². The summed E-state index contributed by atoms with van der Waals surface area (Å²) < 4.78 is 21.3. The van der Waals surface area contributed by atoms with Crippen molar-refractivity contribution in [3.63, 3.8) is 0 Å². The minimum Gasteiger partial charge on any atom is -0.493 e. The number of nitrogens with zero attached hydrogens (tertiary/aromatic N) is 3. The molecule has 1 aliphatic rings. The van der Waals surface area contributed by atoms with E-state index in [0.29, 0.717) is 23.6 Å². The Morgan fingerprint density at radius 3 is 2.27 bits per heavy atom. The maximum atomic E-state index is 14.2. The molecule has 0 saturated heterocycles. The van der Waals surface area contributed by atoms with Crippen LogP contribution in [0.2, 0.25) is 25.7 Å². The van der Waals surface area contributed by atoms with Crippen LogP contribution in [0.1, 0.15) is 44.6 Å². The first-order valence-electron chi connectivity index (χ1n) is 13.5. The number of ether oxygens (including phenoxy) is 3. The first-order chi connectivity index (χ1) is 17.8. The van der Waals surface area contributed by atoms with Gasteiger partial charge in [-0.2, -0.15) is 0 Å². The first kappa shape index (κ1) is 25.8. The number of fused-ring (bicyclic) bond motifs is 5. The molecule has 8 heteroatoms. The molecule has 1 aliphatic carbocycles. The van der Waals surface area contributed by atoms with Crippen LogP contribution in [-0.2, 0) is 11.5 Å². The Labute approximate surface area is 219 Å². The van der Waals surface area contributed by atoms with E-state index in [4.69, 9.17) is 19.2 Å². The highest BCUT2D eigenvalue weighted by molar-refractivity contribution is 6.76. The summed E-state index contributed by atoms with van der Waals surface area (Å²) in [6.45, 7) is 8.28. The summed E-state index contributed by atoms with van der Waals surface area (Å²) in [5, 5.41) is 3.44. The monoisotopic (exact) mass is 521 g/mol. The zero-order chi connectivity index (χ0) is 26.2. The van der Waals surface area contributed by atoms with Crippen molar-refractivity contribution in [1.82, 2.24) is 14.1 Å². The van der Waals surface area contributed by atoms with Gasteiger partial charge in [0.05, 0.1) is 25.1 Å². The Kier molecular flexibility index (Phi) is 7.32. The van der Waals surface area contributed by atoms with Crippen LogP contribution in [0.5, 0.6) is 11.5 Å². The van der Waals surface area contributed by atoms with Crippen LogP contribution in [0.25, 0.3) is 32.7 Å². The molecule has 0 unspecified atom stereocenters. The molecule has 7 nitrogen and oxygen atoms in total. The number of pyridine rings is 2. The quantitative estimate of drug-likeness (QED) is 0.111. The van der Waals surface area contributed by atoms with Crippen molar-refractivity contribution in [2.75, 3.05) is 20.8 Å². The minimum atomic E-state index is -1.15. The molecule has 0 amide bonds. The van der Waals surface area contributed by atoms with Gasteiger partial charge in [-0.15, -0.1) is 0 Å². The van der Waals surface area contributed by atoms with Gasteiger partial charge in [-0.05, 0) is 37.1 Å². The Balaban J connectivity index is 1.71.